The molecule has 2 rings (SSSR count). The number of ether oxygens (including phenoxy) is 2. The van der Waals surface area contributed by atoms with Gasteiger partial charge in [-0.3, -0.25) is 0 Å². The van der Waals surface area contributed by atoms with E-state index in [1.807, 2.05) is 0 Å². The minimum absolute atomic E-state index is 0.113. The van der Waals surface area contributed by atoms with E-state index in [9.17, 15) is 9.90 Å². The van der Waals surface area contributed by atoms with Crippen LogP contribution in [0.1, 0.15) is 81.5 Å². The Bertz CT molecular complexity index is 758. The maximum Gasteiger partial charge on any atom is 0.343 e. The number of halogens is 1. The van der Waals surface area contributed by atoms with Crippen molar-refractivity contribution in [3.63, 3.8) is 0 Å². The molecule has 0 saturated heterocycles. The fraction of sp³-hybridized carbons (Fsp3) is 0.480. The zero-order valence-corrected chi connectivity index (χ0v) is 18.6. The summed E-state index contributed by atoms with van der Waals surface area (Å²) in [5, 5.41) is 9.67. The highest BCUT2D eigenvalue weighted by molar-refractivity contribution is 6.32. The van der Waals surface area contributed by atoms with Crippen molar-refractivity contribution in [1.82, 2.24) is 0 Å². The molecule has 164 valence electrons. The summed E-state index contributed by atoms with van der Waals surface area (Å²) in [5.41, 5.74) is 0.347. The predicted molar refractivity (Wildman–Crippen MR) is 122 cm³/mol. The molecule has 0 aromatic heterocycles. The summed E-state index contributed by atoms with van der Waals surface area (Å²) in [6.45, 7) is 2.87. The smallest absolute Gasteiger partial charge is 0.343 e. The van der Waals surface area contributed by atoms with Crippen molar-refractivity contribution in [3.8, 4) is 17.2 Å². The number of esters is 1. The van der Waals surface area contributed by atoms with Gasteiger partial charge in [0.2, 0.25) is 0 Å². The van der Waals surface area contributed by atoms with Gasteiger partial charge in [0, 0.05) is 0 Å². The monoisotopic (exact) mass is 432 g/mol. The average molecular weight is 433 g/mol. The summed E-state index contributed by atoms with van der Waals surface area (Å²) >= 11 is 6.26. The summed E-state index contributed by atoms with van der Waals surface area (Å²) in [6.07, 6.45) is 12.8. The van der Waals surface area contributed by atoms with E-state index in [0.29, 0.717) is 28.7 Å². The second-order valence-electron chi connectivity index (χ2n) is 7.56. The Morgan fingerprint density at radius 3 is 2.07 bits per heavy atom. The van der Waals surface area contributed by atoms with Crippen LogP contribution in [0.25, 0.3) is 0 Å². The van der Waals surface area contributed by atoms with Crippen molar-refractivity contribution in [3.05, 3.63) is 53.1 Å². The molecule has 5 heteroatoms. The van der Waals surface area contributed by atoms with Gasteiger partial charge in [-0.2, -0.15) is 0 Å². The molecule has 1 N–H and O–H groups in total. The summed E-state index contributed by atoms with van der Waals surface area (Å²) in [4.78, 5) is 12.2. The Kier molecular flexibility index (Phi) is 11.2. The molecule has 2 aromatic rings. The molecule has 0 aliphatic carbocycles. The van der Waals surface area contributed by atoms with Gasteiger partial charge in [-0.25, -0.2) is 4.79 Å². The third-order valence-corrected chi connectivity index (χ3v) is 5.27. The first-order chi connectivity index (χ1) is 14.6. The Balaban J connectivity index is 1.64. The molecular weight excluding hydrogens is 400 g/mol. The van der Waals surface area contributed by atoms with Crippen LogP contribution in [0.5, 0.6) is 17.2 Å². The standard InChI is InChI=1S/C25H33ClO4/c1-2-3-4-5-6-7-8-9-10-11-18-29-24-17-12-20(19-23(24)26)25(28)30-22-15-13-21(27)14-16-22/h12-17,19,27H,2-11,18H2,1H3. The third-order valence-electron chi connectivity index (χ3n) is 4.97. The largest absolute Gasteiger partial charge is 0.508 e. The first kappa shape index (κ1) is 24.1. The van der Waals surface area contributed by atoms with Gasteiger partial charge in [-0.1, -0.05) is 76.3 Å². The number of aromatic hydroxyl groups is 1. The zero-order valence-electron chi connectivity index (χ0n) is 17.9. The Morgan fingerprint density at radius 2 is 1.47 bits per heavy atom. The number of carbonyl (C=O) groups excluding carboxylic acids is 1. The second kappa shape index (κ2) is 13.9. The van der Waals surface area contributed by atoms with Crippen molar-refractivity contribution in [2.45, 2.75) is 71.1 Å². The topological polar surface area (TPSA) is 55.8 Å². The van der Waals surface area contributed by atoms with Gasteiger partial charge in [-0.15, -0.1) is 0 Å². The minimum Gasteiger partial charge on any atom is -0.508 e. The van der Waals surface area contributed by atoms with E-state index in [2.05, 4.69) is 6.92 Å². The van der Waals surface area contributed by atoms with Gasteiger partial charge in [-0.05, 0) is 48.9 Å². The van der Waals surface area contributed by atoms with Gasteiger partial charge in [0.05, 0.1) is 17.2 Å². The normalized spacial score (nSPS) is 10.7. The number of hydrogen-bond donors (Lipinski definition) is 1. The van der Waals surface area contributed by atoms with E-state index in [-0.39, 0.29) is 5.75 Å². The summed E-state index contributed by atoms with van der Waals surface area (Å²) < 4.78 is 11.0. The molecule has 0 amide bonds. The van der Waals surface area contributed by atoms with Crippen molar-refractivity contribution in [2.24, 2.45) is 0 Å². The zero-order chi connectivity index (χ0) is 21.6. The molecule has 0 aliphatic rings. The fourth-order valence-corrected chi connectivity index (χ4v) is 3.43. The van der Waals surface area contributed by atoms with Gasteiger partial charge >= 0.3 is 5.97 Å². The van der Waals surface area contributed by atoms with Crippen molar-refractivity contribution in [2.75, 3.05) is 6.61 Å². The maximum atomic E-state index is 12.2. The highest BCUT2D eigenvalue weighted by Crippen LogP contribution is 2.27. The molecule has 0 fully saturated rings. The Hall–Kier alpha value is -2.20. The van der Waals surface area contributed by atoms with E-state index >= 15 is 0 Å². The maximum absolute atomic E-state index is 12.2. The first-order valence-electron chi connectivity index (χ1n) is 11.0. The summed E-state index contributed by atoms with van der Waals surface area (Å²) in [7, 11) is 0. The predicted octanol–water partition coefficient (Wildman–Crippen LogP) is 7.56. The van der Waals surface area contributed by atoms with Crippen molar-refractivity contribution < 1.29 is 19.4 Å². The molecule has 30 heavy (non-hydrogen) atoms. The lowest BCUT2D eigenvalue weighted by Crippen LogP contribution is -2.08. The molecule has 0 heterocycles. The van der Waals surface area contributed by atoms with E-state index in [1.165, 1.54) is 75.6 Å². The number of unbranched alkanes of at least 4 members (excludes halogenated alkanes) is 9. The Labute approximate surface area is 185 Å². The molecule has 0 saturated carbocycles. The van der Waals surface area contributed by atoms with Gasteiger partial charge in [0.15, 0.2) is 0 Å². The first-order valence-corrected chi connectivity index (χ1v) is 11.4. The second-order valence-corrected chi connectivity index (χ2v) is 7.97. The molecule has 0 unspecified atom stereocenters. The molecule has 2 aromatic carbocycles. The third kappa shape index (κ3) is 9.08. The van der Waals surface area contributed by atoms with Gasteiger partial charge < -0.3 is 14.6 Å². The molecule has 0 spiro atoms. The highest BCUT2D eigenvalue weighted by Gasteiger charge is 2.12. The van der Waals surface area contributed by atoms with Crippen LogP contribution < -0.4 is 9.47 Å². The average Bonchev–Trinajstić information content (AvgIpc) is 2.74. The minimum atomic E-state index is -0.510. The van der Waals surface area contributed by atoms with Crippen LogP contribution >= 0.6 is 11.6 Å². The number of benzene rings is 2. The van der Waals surface area contributed by atoms with E-state index in [0.717, 1.165) is 12.8 Å². The van der Waals surface area contributed by atoms with Crippen LogP contribution in [0.3, 0.4) is 0 Å². The molecule has 0 aliphatic heterocycles. The number of carbonyl (C=O) groups is 1. The van der Waals surface area contributed by atoms with Crippen molar-refractivity contribution >= 4 is 17.6 Å². The molecule has 0 radical (unpaired) electrons. The van der Waals surface area contributed by atoms with Crippen LogP contribution in [0.15, 0.2) is 42.5 Å². The number of phenols is 1. The lowest BCUT2D eigenvalue weighted by atomic mass is 10.1. The summed E-state index contributed by atoms with van der Waals surface area (Å²) in [5.74, 6) is 0.537. The molecule has 0 atom stereocenters. The molecule has 0 bridgehead atoms. The highest BCUT2D eigenvalue weighted by atomic mass is 35.5. The molecular formula is C25H33ClO4. The fourth-order valence-electron chi connectivity index (χ4n) is 3.20. The van der Waals surface area contributed by atoms with E-state index in [1.54, 1.807) is 18.2 Å². The lowest BCUT2D eigenvalue weighted by molar-refractivity contribution is 0.0734. The number of hydrogen-bond acceptors (Lipinski definition) is 4. The van der Waals surface area contributed by atoms with E-state index in [4.69, 9.17) is 21.1 Å². The van der Waals surface area contributed by atoms with Crippen LogP contribution in [-0.4, -0.2) is 17.7 Å². The SMILES string of the molecule is CCCCCCCCCCCCOc1ccc(C(=O)Oc2ccc(O)cc2)cc1Cl. The van der Waals surface area contributed by atoms with Crippen LogP contribution in [-0.2, 0) is 0 Å². The van der Waals surface area contributed by atoms with Crippen LogP contribution in [0.2, 0.25) is 5.02 Å². The number of phenolic OH excluding ortho intramolecular Hbond substituents is 1. The Morgan fingerprint density at radius 1 is 0.867 bits per heavy atom. The molecule has 4 nitrogen and oxygen atoms in total. The lowest BCUT2D eigenvalue weighted by Gasteiger charge is -2.10. The quantitative estimate of drug-likeness (QED) is 0.190. The summed E-state index contributed by atoms with van der Waals surface area (Å²) in [6, 6.07) is 10.9. The van der Waals surface area contributed by atoms with Crippen LogP contribution in [0.4, 0.5) is 0 Å². The van der Waals surface area contributed by atoms with Gasteiger partial charge in [0.1, 0.15) is 17.2 Å². The van der Waals surface area contributed by atoms with Gasteiger partial charge in [0.25, 0.3) is 0 Å². The van der Waals surface area contributed by atoms with Crippen LogP contribution in [0, 0.1) is 0 Å². The van der Waals surface area contributed by atoms with E-state index < -0.39 is 5.97 Å². The van der Waals surface area contributed by atoms with Crippen molar-refractivity contribution in [1.29, 1.82) is 0 Å². The number of rotatable bonds is 14.